The summed E-state index contributed by atoms with van der Waals surface area (Å²) in [5.41, 5.74) is 5.62. The Kier molecular flexibility index (Phi) is 4.80. The van der Waals surface area contributed by atoms with Crippen molar-refractivity contribution in [3.05, 3.63) is 58.4 Å². The molecule has 0 N–H and O–H groups in total. The molecule has 0 amide bonds. The Labute approximate surface area is 122 Å². The van der Waals surface area contributed by atoms with Crippen molar-refractivity contribution in [2.24, 2.45) is 5.92 Å². The molecule has 0 nitrogen and oxygen atoms in total. The fourth-order valence-corrected chi connectivity index (χ4v) is 3.14. The highest BCUT2D eigenvalue weighted by Gasteiger charge is 2.16. The van der Waals surface area contributed by atoms with Gasteiger partial charge >= 0.3 is 0 Å². The Morgan fingerprint density at radius 2 is 2.05 bits per heavy atom. The minimum absolute atomic E-state index is 0.0518. The molecule has 0 bridgehead atoms. The van der Waals surface area contributed by atoms with Crippen LogP contribution in [0.1, 0.15) is 49.3 Å². The number of rotatable bonds is 3. The van der Waals surface area contributed by atoms with Crippen LogP contribution in [0.25, 0.3) is 0 Å². The average Bonchev–Trinajstić information content (AvgIpc) is 2.59. The molecule has 20 heavy (non-hydrogen) atoms. The van der Waals surface area contributed by atoms with E-state index in [9.17, 15) is 4.39 Å². The largest absolute Gasteiger partial charge is 0.207 e. The summed E-state index contributed by atoms with van der Waals surface area (Å²) >= 11 is 0. The first-order valence-electron chi connectivity index (χ1n) is 7.56. The highest BCUT2D eigenvalue weighted by atomic mass is 19.1. The van der Waals surface area contributed by atoms with E-state index in [1.54, 1.807) is 6.07 Å². The van der Waals surface area contributed by atoms with Crippen LogP contribution in [-0.2, 0) is 6.42 Å². The van der Waals surface area contributed by atoms with Crippen molar-refractivity contribution < 1.29 is 4.39 Å². The number of benzene rings is 1. The second-order valence-electron chi connectivity index (χ2n) is 6.24. The predicted molar refractivity (Wildman–Crippen MR) is 84.4 cm³/mol. The fraction of sp³-hybridized carbons (Fsp3) is 0.474. The molecule has 1 aliphatic carbocycles. The predicted octanol–water partition coefficient (Wildman–Crippen LogP) is 5.68. The first kappa shape index (κ1) is 15.0. The van der Waals surface area contributed by atoms with Crippen LogP contribution in [-0.4, -0.2) is 0 Å². The number of hydrogen-bond donors (Lipinski definition) is 0. The Balaban J connectivity index is 2.11. The summed E-state index contributed by atoms with van der Waals surface area (Å²) in [6, 6.07) is 3.72. The maximum atomic E-state index is 14.1. The summed E-state index contributed by atoms with van der Waals surface area (Å²) in [5, 5.41) is 0. The molecule has 0 radical (unpaired) electrons. The van der Waals surface area contributed by atoms with Gasteiger partial charge in [-0.05, 0) is 81.5 Å². The molecule has 0 fully saturated rings. The minimum atomic E-state index is -0.0518. The molecule has 1 atom stereocenters. The van der Waals surface area contributed by atoms with Crippen molar-refractivity contribution in [3.63, 3.8) is 0 Å². The van der Waals surface area contributed by atoms with Gasteiger partial charge < -0.3 is 0 Å². The monoisotopic (exact) mass is 272 g/mol. The highest BCUT2D eigenvalue weighted by Crippen LogP contribution is 2.30. The Hall–Kier alpha value is -1.37. The van der Waals surface area contributed by atoms with E-state index in [4.69, 9.17) is 0 Å². The van der Waals surface area contributed by atoms with Gasteiger partial charge in [-0.15, -0.1) is 0 Å². The van der Waals surface area contributed by atoms with Crippen molar-refractivity contribution in [3.8, 4) is 0 Å². The summed E-state index contributed by atoms with van der Waals surface area (Å²) in [5.74, 6) is 0.580. The van der Waals surface area contributed by atoms with Gasteiger partial charge in [0.1, 0.15) is 5.82 Å². The minimum Gasteiger partial charge on any atom is -0.207 e. The third-order valence-corrected chi connectivity index (χ3v) is 4.43. The van der Waals surface area contributed by atoms with Gasteiger partial charge in [-0.3, -0.25) is 0 Å². The number of halogens is 1. The molecule has 0 aliphatic heterocycles. The first-order valence-corrected chi connectivity index (χ1v) is 7.56. The summed E-state index contributed by atoms with van der Waals surface area (Å²) < 4.78 is 14.1. The van der Waals surface area contributed by atoms with Gasteiger partial charge in [0, 0.05) is 0 Å². The van der Waals surface area contributed by atoms with Crippen LogP contribution in [0.4, 0.5) is 4.39 Å². The van der Waals surface area contributed by atoms with Crippen LogP contribution in [0.5, 0.6) is 0 Å². The normalized spacial score (nSPS) is 19.4. The molecule has 0 aromatic heterocycles. The highest BCUT2D eigenvalue weighted by molar-refractivity contribution is 5.35. The van der Waals surface area contributed by atoms with Gasteiger partial charge in [0.05, 0.1) is 0 Å². The Bertz CT molecular complexity index is 514. The SMILES string of the molecule is C=C(C)C1CCC=C(Cc2c(C)cc(C)cc2F)CC1. The Morgan fingerprint density at radius 3 is 2.70 bits per heavy atom. The first-order chi connectivity index (χ1) is 9.47. The van der Waals surface area contributed by atoms with Crippen molar-refractivity contribution in [2.45, 2.75) is 52.9 Å². The maximum Gasteiger partial charge on any atom is 0.127 e. The molecule has 108 valence electrons. The molecular weight excluding hydrogens is 247 g/mol. The molecule has 2 rings (SSSR count). The van der Waals surface area contributed by atoms with Crippen molar-refractivity contribution in [2.75, 3.05) is 0 Å². The second-order valence-corrected chi connectivity index (χ2v) is 6.24. The van der Waals surface area contributed by atoms with E-state index in [-0.39, 0.29) is 5.82 Å². The van der Waals surface area contributed by atoms with E-state index in [0.717, 1.165) is 42.4 Å². The standard InChI is InChI=1S/C19H25F/c1-13(2)17-7-5-6-16(8-9-17)12-18-15(4)10-14(3)11-19(18)20/h6,10-11,17H,1,5,7-9,12H2,2-4H3. The number of aryl methyl sites for hydroxylation is 2. The van der Waals surface area contributed by atoms with Crippen LogP contribution < -0.4 is 0 Å². The lowest BCUT2D eigenvalue weighted by atomic mass is 9.91. The average molecular weight is 272 g/mol. The summed E-state index contributed by atoms with van der Waals surface area (Å²) in [4.78, 5) is 0. The molecule has 1 unspecified atom stereocenters. The van der Waals surface area contributed by atoms with Gasteiger partial charge in [-0.25, -0.2) is 4.39 Å². The molecule has 1 heteroatoms. The third-order valence-electron chi connectivity index (χ3n) is 4.43. The van der Waals surface area contributed by atoms with E-state index >= 15 is 0 Å². The van der Waals surface area contributed by atoms with Gasteiger partial charge in [-0.1, -0.05) is 29.9 Å². The topological polar surface area (TPSA) is 0 Å². The summed E-state index contributed by atoms with van der Waals surface area (Å²) in [6.07, 6.45) is 7.61. The molecule has 1 aliphatic rings. The zero-order chi connectivity index (χ0) is 14.7. The quantitative estimate of drug-likeness (QED) is 0.621. The van der Waals surface area contributed by atoms with E-state index in [1.165, 1.54) is 17.6 Å². The van der Waals surface area contributed by atoms with Crippen molar-refractivity contribution in [1.29, 1.82) is 0 Å². The van der Waals surface area contributed by atoms with E-state index in [0.29, 0.717) is 5.92 Å². The van der Waals surface area contributed by atoms with E-state index < -0.39 is 0 Å². The van der Waals surface area contributed by atoms with Gasteiger partial charge in [0.25, 0.3) is 0 Å². The van der Waals surface area contributed by atoms with Gasteiger partial charge in [-0.2, -0.15) is 0 Å². The molecule has 0 saturated heterocycles. The molecule has 1 aromatic carbocycles. The summed E-state index contributed by atoms with van der Waals surface area (Å²) in [6.45, 7) is 10.2. The molecule has 1 aromatic rings. The van der Waals surface area contributed by atoms with Crippen LogP contribution in [0.3, 0.4) is 0 Å². The lowest BCUT2D eigenvalue weighted by Gasteiger charge is -2.14. The van der Waals surface area contributed by atoms with Gasteiger partial charge in [0.15, 0.2) is 0 Å². The number of hydrogen-bond acceptors (Lipinski definition) is 0. The van der Waals surface area contributed by atoms with Crippen LogP contribution in [0.2, 0.25) is 0 Å². The molecule has 0 spiro atoms. The molecule has 0 heterocycles. The van der Waals surface area contributed by atoms with Gasteiger partial charge in [0.2, 0.25) is 0 Å². The Morgan fingerprint density at radius 1 is 1.30 bits per heavy atom. The fourth-order valence-electron chi connectivity index (χ4n) is 3.14. The van der Waals surface area contributed by atoms with Crippen molar-refractivity contribution in [1.82, 2.24) is 0 Å². The molecular formula is C19H25F. The summed E-state index contributed by atoms with van der Waals surface area (Å²) in [7, 11) is 0. The zero-order valence-corrected chi connectivity index (χ0v) is 12.9. The van der Waals surface area contributed by atoms with Crippen LogP contribution in [0, 0.1) is 25.6 Å². The van der Waals surface area contributed by atoms with Crippen LogP contribution in [0.15, 0.2) is 35.9 Å². The van der Waals surface area contributed by atoms with E-state index in [2.05, 4.69) is 25.6 Å². The third kappa shape index (κ3) is 3.59. The van der Waals surface area contributed by atoms with Crippen LogP contribution >= 0.6 is 0 Å². The smallest absolute Gasteiger partial charge is 0.127 e. The lowest BCUT2D eigenvalue weighted by molar-refractivity contribution is 0.535. The van der Waals surface area contributed by atoms with E-state index in [1.807, 2.05) is 13.8 Å². The second kappa shape index (κ2) is 6.39. The number of allylic oxidation sites excluding steroid dienone is 3. The maximum absolute atomic E-state index is 14.1. The lowest BCUT2D eigenvalue weighted by Crippen LogP contribution is -2.01. The zero-order valence-electron chi connectivity index (χ0n) is 12.9. The van der Waals surface area contributed by atoms with Crippen molar-refractivity contribution >= 4 is 0 Å². The molecule has 0 saturated carbocycles.